The van der Waals surface area contributed by atoms with Crippen molar-refractivity contribution >= 4 is 17.8 Å². The van der Waals surface area contributed by atoms with E-state index in [9.17, 15) is 14.4 Å². The number of carbonyl (C=O) groups excluding carboxylic acids is 3. The Hall–Kier alpha value is -1.59. The molecule has 0 spiro atoms. The second kappa shape index (κ2) is 5.37. The van der Waals surface area contributed by atoms with Gasteiger partial charge in [0.1, 0.15) is 6.04 Å². The molecule has 1 N–H and O–H groups in total. The zero-order chi connectivity index (χ0) is 13.1. The number of piperidine rings is 1. The van der Waals surface area contributed by atoms with Crippen LogP contribution in [0, 0.1) is 5.92 Å². The van der Waals surface area contributed by atoms with Gasteiger partial charge in [-0.1, -0.05) is 0 Å². The Morgan fingerprint density at radius 2 is 2.17 bits per heavy atom. The van der Waals surface area contributed by atoms with Crippen LogP contribution in [0.25, 0.3) is 0 Å². The van der Waals surface area contributed by atoms with E-state index < -0.39 is 6.04 Å². The van der Waals surface area contributed by atoms with Gasteiger partial charge >= 0.3 is 5.97 Å². The number of methoxy groups -OCH3 is 1. The van der Waals surface area contributed by atoms with Crippen LogP contribution in [0.2, 0.25) is 0 Å². The second-order valence-corrected chi connectivity index (χ2v) is 4.81. The first kappa shape index (κ1) is 12.9. The van der Waals surface area contributed by atoms with Crippen molar-refractivity contribution in [3.63, 3.8) is 0 Å². The maximum absolute atomic E-state index is 12.2. The number of rotatable bonds is 2. The summed E-state index contributed by atoms with van der Waals surface area (Å²) in [4.78, 5) is 36.4. The molecule has 2 fully saturated rings. The van der Waals surface area contributed by atoms with Crippen LogP contribution in [-0.4, -0.2) is 48.9 Å². The smallest absolute Gasteiger partial charge is 0.310 e. The molecule has 0 aliphatic carbocycles. The highest BCUT2D eigenvalue weighted by Crippen LogP contribution is 2.20. The van der Waals surface area contributed by atoms with Crippen LogP contribution in [0.4, 0.5) is 0 Å². The third-order valence-electron chi connectivity index (χ3n) is 3.56. The maximum atomic E-state index is 12.2. The summed E-state index contributed by atoms with van der Waals surface area (Å²) < 4.78 is 4.71. The Labute approximate surface area is 106 Å². The van der Waals surface area contributed by atoms with Crippen molar-refractivity contribution in [1.82, 2.24) is 10.2 Å². The number of esters is 1. The fourth-order valence-electron chi connectivity index (χ4n) is 2.56. The monoisotopic (exact) mass is 254 g/mol. The van der Waals surface area contributed by atoms with E-state index in [1.165, 1.54) is 7.11 Å². The average molecular weight is 254 g/mol. The van der Waals surface area contributed by atoms with Gasteiger partial charge in [0.05, 0.1) is 13.0 Å². The van der Waals surface area contributed by atoms with E-state index in [1.54, 1.807) is 4.90 Å². The van der Waals surface area contributed by atoms with Crippen LogP contribution in [-0.2, 0) is 19.1 Å². The largest absolute Gasteiger partial charge is 0.469 e. The summed E-state index contributed by atoms with van der Waals surface area (Å²) in [6, 6.07) is -0.408. The third-order valence-corrected chi connectivity index (χ3v) is 3.56. The minimum Gasteiger partial charge on any atom is -0.469 e. The van der Waals surface area contributed by atoms with Crippen molar-refractivity contribution in [2.45, 2.75) is 31.7 Å². The van der Waals surface area contributed by atoms with Gasteiger partial charge in [0.25, 0.3) is 0 Å². The Balaban J connectivity index is 1.94. The predicted molar refractivity (Wildman–Crippen MR) is 62.5 cm³/mol. The van der Waals surface area contributed by atoms with Gasteiger partial charge in [-0.25, -0.2) is 0 Å². The molecule has 0 aromatic rings. The number of likely N-dealkylation sites (tertiary alicyclic amines) is 1. The summed E-state index contributed by atoms with van der Waals surface area (Å²) in [5.74, 6) is -0.642. The first-order chi connectivity index (χ1) is 8.61. The molecule has 2 saturated heterocycles. The highest BCUT2D eigenvalue weighted by molar-refractivity contribution is 5.91. The van der Waals surface area contributed by atoms with Gasteiger partial charge in [-0.05, 0) is 19.3 Å². The number of nitrogens with one attached hydrogen (secondary N) is 1. The van der Waals surface area contributed by atoms with Crippen LogP contribution in [0.1, 0.15) is 25.7 Å². The molecular formula is C12H18N2O4. The number of hydrogen-bond donors (Lipinski definition) is 1. The van der Waals surface area contributed by atoms with Crippen molar-refractivity contribution in [3.8, 4) is 0 Å². The van der Waals surface area contributed by atoms with Crippen molar-refractivity contribution in [3.05, 3.63) is 0 Å². The van der Waals surface area contributed by atoms with Crippen LogP contribution >= 0.6 is 0 Å². The molecule has 6 nitrogen and oxygen atoms in total. The zero-order valence-electron chi connectivity index (χ0n) is 10.5. The normalized spacial score (nSPS) is 27.8. The van der Waals surface area contributed by atoms with Gasteiger partial charge in [0, 0.05) is 19.5 Å². The number of nitrogens with zero attached hydrogens (tertiary/aromatic N) is 1. The molecule has 2 heterocycles. The fourth-order valence-corrected chi connectivity index (χ4v) is 2.56. The lowest BCUT2D eigenvalue weighted by molar-refractivity contribution is -0.149. The number of carbonyl (C=O) groups is 3. The van der Waals surface area contributed by atoms with E-state index in [1.807, 2.05) is 0 Å². The summed E-state index contributed by atoms with van der Waals surface area (Å²) >= 11 is 0. The second-order valence-electron chi connectivity index (χ2n) is 4.81. The van der Waals surface area contributed by atoms with Gasteiger partial charge in [0.15, 0.2) is 0 Å². The molecule has 2 aliphatic heterocycles. The number of ether oxygens (including phenoxy) is 1. The van der Waals surface area contributed by atoms with Crippen LogP contribution in [0.3, 0.4) is 0 Å². The standard InChI is InChI=1S/C12H18N2O4/c1-18-12(17)8-3-2-6-14(7-8)11(16)9-4-5-10(15)13-9/h8-9H,2-7H2,1H3,(H,13,15)/t8-,9?/m0/s1. The number of hydrogen-bond acceptors (Lipinski definition) is 4. The van der Waals surface area contributed by atoms with Crippen molar-refractivity contribution < 1.29 is 19.1 Å². The van der Waals surface area contributed by atoms with E-state index >= 15 is 0 Å². The molecule has 0 bridgehead atoms. The predicted octanol–water partition coefficient (Wildman–Crippen LogP) is -0.323. The Bertz CT molecular complexity index is 369. The highest BCUT2D eigenvalue weighted by Gasteiger charge is 2.35. The lowest BCUT2D eigenvalue weighted by Crippen LogP contribution is -2.49. The maximum Gasteiger partial charge on any atom is 0.310 e. The molecule has 2 aliphatic rings. The van der Waals surface area contributed by atoms with Gasteiger partial charge in [0.2, 0.25) is 11.8 Å². The summed E-state index contributed by atoms with van der Waals surface area (Å²) in [5.41, 5.74) is 0. The Kier molecular flexibility index (Phi) is 3.84. The quantitative estimate of drug-likeness (QED) is 0.685. The molecule has 2 amide bonds. The summed E-state index contributed by atoms with van der Waals surface area (Å²) in [7, 11) is 1.36. The summed E-state index contributed by atoms with van der Waals surface area (Å²) in [6.45, 7) is 1.05. The molecule has 18 heavy (non-hydrogen) atoms. The number of amides is 2. The molecule has 0 aromatic heterocycles. The van der Waals surface area contributed by atoms with E-state index in [0.717, 1.165) is 12.8 Å². The molecule has 0 radical (unpaired) electrons. The van der Waals surface area contributed by atoms with Gasteiger partial charge in [-0.3, -0.25) is 14.4 Å². The van der Waals surface area contributed by atoms with Gasteiger partial charge in [-0.2, -0.15) is 0 Å². The minimum atomic E-state index is -0.408. The van der Waals surface area contributed by atoms with E-state index in [2.05, 4.69) is 5.32 Å². The van der Waals surface area contributed by atoms with Crippen molar-refractivity contribution in [1.29, 1.82) is 0 Å². The van der Waals surface area contributed by atoms with Crippen molar-refractivity contribution in [2.75, 3.05) is 20.2 Å². The van der Waals surface area contributed by atoms with E-state index in [-0.39, 0.29) is 23.7 Å². The molecule has 0 saturated carbocycles. The average Bonchev–Trinajstić information content (AvgIpc) is 2.83. The lowest BCUT2D eigenvalue weighted by Gasteiger charge is -2.32. The van der Waals surface area contributed by atoms with E-state index in [0.29, 0.717) is 25.9 Å². The molecular weight excluding hydrogens is 236 g/mol. The Morgan fingerprint density at radius 3 is 2.78 bits per heavy atom. The summed E-state index contributed by atoms with van der Waals surface area (Å²) in [6.07, 6.45) is 2.52. The van der Waals surface area contributed by atoms with Crippen molar-refractivity contribution in [2.24, 2.45) is 5.92 Å². The molecule has 0 aromatic carbocycles. The van der Waals surface area contributed by atoms with Gasteiger partial charge in [-0.15, -0.1) is 0 Å². The SMILES string of the molecule is COC(=O)[C@H]1CCCN(C(=O)C2CCC(=O)N2)C1. The molecule has 100 valence electrons. The van der Waals surface area contributed by atoms with Crippen LogP contribution < -0.4 is 5.32 Å². The molecule has 1 unspecified atom stereocenters. The Morgan fingerprint density at radius 1 is 1.39 bits per heavy atom. The van der Waals surface area contributed by atoms with Crippen LogP contribution in [0.15, 0.2) is 0 Å². The molecule has 6 heteroatoms. The lowest BCUT2D eigenvalue weighted by atomic mass is 9.97. The molecule has 2 rings (SSSR count). The van der Waals surface area contributed by atoms with E-state index in [4.69, 9.17) is 4.74 Å². The van der Waals surface area contributed by atoms with Crippen LogP contribution in [0.5, 0.6) is 0 Å². The fraction of sp³-hybridized carbons (Fsp3) is 0.750. The minimum absolute atomic E-state index is 0.0742. The zero-order valence-corrected chi connectivity index (χ0v) is 10.5. The summed E-state index contributed by atoms with van der Waals surface area (Å²) in [5, 5.41) is 2.66. The topological polar surface area (TPSA) is 75.7 Å². The first-order valence-corrected chi connectivity index (χ1v) is 6.28. The highest BCUT2D eigenvalue weighted by atomic mass is 16.5. The van der Waals surface area contributed by atoms with Gasteiger partial charge < -0.3 is 15.0 Å². The molecule has 2 atom stereocenters. The third kappa shape index (κ3) is 2.63. The first-order valence-electron chi connectivity index (χ1n) is 6.28.